The van der Waals surface area contributed by atoms with Crippen molar-refractivity contribution in [3.05, 3.63) is 77.4 Å². The number of hydrogen-bond acceptors (Lipinski definition) is 8. The van der Waals surface area contributed by atoms with Crippen LogP contribution in [-0.4, -0.2) is 52.8 Å². The molecule has 0 N–H and O–H groups in total. The van der Waals surface area contributed by atoms with Crippen LogP contribution in [0.25, 0.3) is 0 Å². The fourth-order valence-electron chi connectivity index (χ4n) is 6.47. The summed E-state index contributed by atoms with van der Waals surface area (Å²) in [5.41, 5.74) is 1.22. The SMILES string of the molecule is CCOC(=O)N1C(=O)C2(c3ccccc31)[C@H](c1ccc(OC)c(OC)c1)CC(=O)C[C@H]2c1ccc(OC)c(OC)c1. The highest BCUT2D eigenvalue weighted by Crippen LogP contribution is 2.62. The summed E-state index contributed by atoms with van der Waals surface area (Å²) in [6.07, 6.45) is -0.567. The zero-order valence-corrected chi connectivity index (χ0v) is 23.8. The van der Waals surface area contributed by atoms with Crippen LogP contribution in [-0.2, 0) is 19.7 Å². The summed E-state index contributed by atoms with van der Waals surface area (Å²) in [7, 11) is 6.16. The molecule has 41 heavy (non-hydrogen) atoms. The zero-order chi connectivity index (χ0) is 29.3. The molecule has 1 heterocycles. The summed E-state index contributed by atoms with van der Waals surface area (Å²) in [6.45, 7) is 1.80. The Kier molecular flexibility index (Phi) is 7.62. The van der Waals surface area contributed by atoms with Crippen LogP contribution in [0.4, 0.5) is 10.5 Å². The number of ketones is 1. The van der Waals surface area contributed by atoms with Crippen LogP contribution in [0.1, 0.15) is 48.3 Å². The summed E-state index contributed by atoms with van der Waals surface area (Å²) >= 11 is 0. The van der Waals surface area contributed by atoms with Crippen molar-refractivity contribution in [2.24, 2.45) is 0 Å². The standard InChI is InChI=1S/C32H33NO8/c1-6-41-31(36)33-25-10-8-7-9-22(25)32(30(33)35)23(19-11-13-26(37-2)28(15-19)39-4)17-21(34)18-24(32)20-12-14-27(38-3)29(16-20)40-5/h7-16,23-24H,6,17-18H2,1-5H3/t23-,24-/m0/s1. The number of benzene rings is 3. The van der Waals surface area contributed by atoms with Gasteiger partial charge in [0.2, 0.25) is 5.91 Å². The number of carbonyl (C=O) groups is 3. The normalized spacial score (nSPS) is 19.1. The molecule has 1 saturated carbocycles. The third-order valence-corrected chi connectivity index (χ3v) is 8.18. The highest BCUT2D eigenvalue weighted by molar-refractivity contribution is 6.22. The molecule has 0 bridgehead atoms. The van der Waals surface area contributed by atoms with Gasteiger partial charge in [0, 0.05) is 24.7 Å². The molecule has 0 aromatic heterocycles. The van der Waals surface area contributed by atoms with Crippen LogP contribution >= 0.6 is 0 Å². The predicted octanol–water partition coefficient (Wildman–Crippen LogP) is 5.39. The first-order valence-corrected chi connectivity index (χ1v) is 13.4. The summed E-state index contributed by atoms with van der Waals surface area (Å²) in [5, 5.41) is 0. The molecule has 9 nitrogen and oxygen atoms in total. The van der Waals surface area contributed by atoms with Crippen LogP contribution < -0.4 is 23.8 Å². The van der Waals surface area contributed by atoms with E-state index in [4.69, 9.17) is 23.7 Å². The minimum absolute atomic E-state index is 0.00457. The fourth-order valence-corrected chi connectivity index (χ4v) is 6.47. The molecule has 214 valence electrons. The van der Waals surface area contributed by atoms with E-state index in [1.54, 1.807) is 57.5 Å². The van der Waals surface area contributed by atoms with Crippen molar-refractivity contribution in [3.63, 3.8) is 0 Å². The first-order chi connectivity index (χ1) is 19.8. The molecule has 3 aromatic rings. The van der Waals surface area contributed by atoms with E-state index in [2.05, 4.69) is 0 Å². The average Bonchev–Trinajstić information content (AvgIpc) is 3.25. The Hall–Kier alpha value is -4.53. The number of amides is 2. The van der Waals surface area contributed by atoms with Gasteiger partial charge < -0.3 is 23.7 Å². The van der Waals surface area contributed by atoms with Gasteiger partial charge in [-0.3, -0.25) is 9.59 Å². The van der Waals surface area contributed by atoms with Gasteiger partial charge in [-0.2, -0.15) is 0 Å². The maximum atomic E-state index is 14.9. The quantitative estimate of drug-likeness (QED) is 0.380. The number of hydrogen-bond donors (Lipinski definition) is 0. The van der Waals surface area contributed by atoms with Gasteiger partial charge in [-0.25, -0.2) is 9.69 Å². The number of fused-ring (bicyclic) bond motifs is 2. The lowest BCUT2D eigenvalue weighted by Gasteiger charge is -2.46. The Labute approximate surface area is 238 Å². The minimum atomic E-state index is -1.32. The molecule has 1 aliphatic carbocycles. The zero-order valence-electron chi connectivity index (χ0n) is 23.8. The van der Waals surface area contributed by atoms with Crippen LogP contribution in [0.5, 0.6) is 23.0 Å². The first kappa shape index (κ1) is 28.0. The van der Waals surface area contributed by atoms with E-state index in [0.717, 1.165) is 16.0 Å². The molecule has 3 aromatic carbocycles. The van der Waals surface area contributed by atoms with Gasteiger partial charge in [-0.05, 0) is 53.9 Å². The number of carbonyl (C=O) groups excluding carboxylic acids is 3. The Balaban J connectivity index is 1.82. The van der Waals surface area contributed by atoms with Gasteiger partial charge in [0.25, 0.3) is 0 Å². The highest BCUT2D eigenvalue weighted by atomic mass is 16.6. The second-order valence-corrected chi connectivity index (χ2v) is 10.0. The van der Waals surface area contributed by atoms with Crippen LogP contribution in [0.2, 0.25) is 0 Å². The van der Waals surface area contributed by atoms with Crippen molar-refractivity contribution >= 4 is 23.5 Å². The molecule has 2 atom stereocenters. The summed E-state index contributed by atoms with van der Waals surface area (Å²) in [6, 6.07) is 18.1. The lowest BCUT2D eigenvalue weighted by atomic mass is 9.54. The second kappa shape index (κ2) is 11.2. The Bertz CT molecular complexity index is 1430. The monoisotopic (exact) mass is 559 g/mol. The number of imide groups is 1. The van der Waals surface area contributed by atoms with Gasteiger partial charge in [0.15, 0.2) is 23.0 Å². The Morgan fingerprint density at radius 1 is 0.780 bits per heavy atom. The van der Waals surface area contributed by atoms with E-state index in [1.807, 2.05) is 24.3 Å². The number of methoxy groups -OCH3 is 4. The van der Waals surface area contributed by atoms with Crippen molar-refractivity contribution in [2.75, 3.05) is 39.9 Å². The third-order valence-electron chi connectivity index (χ3n) is 8.18. The number of Topliss-reactive ketones (excluding diaryl/α,β-unsaturated/α-hetero) is 1. The van der Waals surface area contributed by atoms with E-state index < -0.39 is 29.3 Å². The summed E-state index contributed by atoms with van der Waals surface area (Å²) in [5.74, 6) is 0.290. The summed E-state index contributed by atoms with van der Waals surface area (Å²) < 4.78 is 27.4. The van der Waals surface area contributed by atoms with Gasteiger partial charge in [-0.15, -0.1) is 0 Å². The van der Waals surface area contributed by atoms with Gasteiger partial charge in [-0.1, -0.05) is 30.3 Å². The topological polar surface area (TPSA) is 101 Å². The molecule has 0 radical (unpaired) electrons. The maximum absolute atomic E-state index is 14.9. The Morgan fingerprint density at radius 2 is 1.29 bits per heavy atom. The highest BCUT2D eigenvalue weighted by Gasteiger charge is 2.64. The molecular weight excluding hydrogens is 526 g/mol. The third kappa shape index (κ3) is 4.36. The molecule has 0 saturated heterocycles. The minimum Gasteiger partial charge on any atom is -0.493 e. The van der Waals surface area contributed by atoms with Gasteiger partial charge in [0.1, 0.15) is 5.78 Å². The predicted molar refractivity (Wildman–Crippen MR) is 151 cm³/mol. The van der Waals surface area contributed by atoms with Crippen LogP contribution in [0.3, 0.4) is 0 Å². The van der Waals surface area contributed by atoms with Crippen molar-refractivity contribution in [1.82, 2.24) is 0 Å². The molecule has 0 unspecified atom stereocenters. The molecule has 1 fully saturated rings. The van der Waals surface area contributed by atoms with Crippen molar-refractivity contribution < 1.29 is 38.1 Å². The molecule has 2 amide bonds. The smallest absolute Gasteiger partial charge is 0.421 e. The van der Waals surface area contributed by atoms with E-state index in [0.29, 0.717) is 34.2 Å². The van der Waals surface area contributed by atoms with E-state index in [-0.39, 0.29) is 25.2 Å². The van der Waals surface area contributed by atoms with E-state index in [9.17, 15) is 14.4 Å². The summed E-state index contributed by atoms with van der Waals surface area (Å²) in [4.78, 5) is 42.8. The first-order valence-electron chi connectivity index (χ1n) is 13.4. The Morgan fingerprint density at radius 3 is 1.78 bits per heavy atom. The van der Waals surface area contributed by atoms with Crippen molar-refractivity contribution in [1.29, 1.82) is 0 Å². The number of anilines is 1. The number of para-hydroxylation sites is 1. The van der Waals surface area contributed by atoms with Gasteiger partial charge in [0.05, 0.1) is 46.1 Å². The second-order valence-electron chi connectivity index (χ2n) is 10.0. The number of rotatable bonds is 7. The van der Waals surface area contributed by atoms with E-state index in [1.165, 1.54) is 14.2 Å². The largest absolute Gasteiger partial charge is 0.493 e. The molecule has 2 aliphatic rings. The van der Waals surface area contributed by atoms with Gasteiger partial charge >= 0.3 is 6.09 Å². The van der Waals surface area contributed by atoms with Crippen molar-refractivity contribution in [2.45, 2.75) is 37.0 Å². The molecule has 5 rings (SSSR count). The molecule has 9 heteroatoms. The maximum Gasteiger partial charge on any atom is 0.421 e. The lowest BCUT2D eigenvalue weighted by molar-refractivity contribution is -0.130. The fraction of sp³-hybridized carbons (Fsp3) is 0.344. The lowest BCUT2D eigenvalue weighted by Crippen LogP contribution is -2.53. The number of ether oxygens (including phenoxy) is 5. The van der Waals surface area contributed by atoms with Crippen LogP contribution in [0, 0.1) is 0 Å². The molecule has 1 spiro atoms. The van der Waals surface area contributed by atoms with E-state index >= 15 is 0 Å². The van der Waals surface area contributed by atoms with Crippen LogP contribution in [0.15, 0.2) is 60.7 Å². The molecular formula is C32H33NO8. The molecule has 1 aliphatic heterocycles. The van der Waals surface area contributed by atoms with Crippen molar-refractivity contribution in [3.8, 4) is 23.0 Å². The number of nitrogens with zero attached hydrogens (tertiary/aromatic N) is 1. The average molecular weight is 560 g/mol.